The average molecular weight is 451 g/mol. The van der Waals surface area contributed by atoms with Crippen molar-refractivity contribution in [2.24, 2.45) is 4.99 Å². The molecule has 0 aromatic carbocycles. The molecular formula is C17H34IN5O. The molecule has 1 aliphatic heterocycles. The Balaban J connectivity index is 0.00000288. The largest absolute Gasteiger partial charge is 0.357 e. The SMILES string of the molecule is CCNC(=NCC(=O)NC1CC1)NCCN1CCCCC1CC.I. The summed E-state index contributed by atoms with van der Waals surface area (Å²) in [6.07, 6.45) is 7.46. The fraction of sp³-hybridized carbons (Fsp3) is 0.882. The molecule has 1 aliphatic carbocycles. The average Bonchev–Trinajstić information content (AvgIpc) is 3.37. The summed E-state index contributed by atoms with van der Waals surface area (Å²) in [5.41, 5.74) is 0. The van der Waals surface area contributed by atoms with Crippen LogP contribution in [-0.4, -0.2) is 61.6 Å². The molecule has 2 aliphatic rings. The zero-order chi connectivity index (χ0) is 16.5. The lowest BCUT2D eigenvalue weighted by molar-refractivity contribution is -0.119. The van der Waals surface area contributed by atoms with Gasteiger partial charge in [0.2, 0.25) is 5.91 Å². The molecule has 140 valence electrons. The van der Waals surface area contributed by atoms with Crippen molar-refractivity contribution in [1.29, 1.82) is 0 Å². The van der Waals surface area contributed by atoms with Gasteiger partial charge in [-0.15, -0.1) is 24.0 Å². The van der Waals surface area contributed by atoms with E-state index in [-0.39, 0.29) is 36.4 Å². The number of hydrogen-bond donors (Lipinski definition) is 3. The second kappa shape index (κ2) is 11.9. The van der Waals surface area contributed by atoms with E-state index in [0.29, 0.717) is 6.04 Å². The summed E-state index contributed by atoms with van der Waals surface area (Å²) in [6.45, 7) is 8.44. The second-order valence-electron chi connectivity index (χ2n) is 6.56. The summed E-state index contributed by atoms with van der Waals surface area (Å²) in [6, 6.07) is 1.13. The van der Waals surface area contributed by atoms with Gasteiger partial charge < -0.3 is 16.0 Å². The van der Waals surface area contributed by atoms with Gasteiger partial charge in [0.05, 0.1) is 0 Å². The van der Waals surface area contributed by atoms with Gasteiger partial charge in [-0.3, -0.25) is 9.69 Å². The van der Waals surface area contributed by atoms with Crippen LogP contribution >= 0.6 is 24.0 Å². The summed E-state index contributed by atoms with van der Waals surface area (Å²) in [4.78, 5) is 18.7. The molecule has 6 nitrogen and oxygen atoms in total. The molecule has 1 saturated carbocycles. The van der Waals surface area contributed by atoms with E-state index < -0.39 is 0 Å². The molecule has 1 atom stereocenters. The van der Waals surface area contributed by atoms with Crippen molar-refractivity contribution in [2.75, 3.05) is 32.7 Å². The third-order valence-electron chi connectivity index (χ3n) is 4.58. The van der Waals surface area contributed by atoms with Crippen molar-refractivity contribution in [1.82, 2.24) is 20.9 Å². The first-order valence-electron chi connectivity index (χ1n) is 9.28. The highest BCUT2D eigenvalue weighted by Gasteiger charge is 2.23. The summed E-state index contributed by atoms with van der Waals surface area (Å²) in [5, 5.41) is 9.53. The van der Waals surface area contributed by atoms with E-state index in [2.05, 4.69) is 32.8 Å². The minimum atomic E-state index is 0. The normalized spacial score (nSPS) is 21.8. The molecule has 3 N–H and O–H groups in total. The van der Waals surface area contributed by atoms with Crippen molar-refractivity contribution >= 4 is 35.8 Å². The van der Waals surface area contributed by atoms with Gasteiger partial charge in [0.1, 0.15) is 6.54 Å². The van der Waals surface area contributed by atoms with E-state index in [0.717, 1.165) is 44.5 Å². The maximum absolute atomic E-state index is 11.7. The number of aliphatic imine (C=N–C) groups is 1. The van der Waals surface area contributed by atoms with Crippen LogP contribution in [0, 0.1) is 0 Å². The molecule has 2 fully saturated rings. The molecule has 0 radical (unpaired) electrons. The van der Waals surface area contributed by atoms with Crippen LogP contribution < -0.4 is 16.0 Å². The fourth-order valence-corrected chi connectivity index (χ4v) is 3.13. The quantitative estimate of drug-likeness (QED) is 0.299. The summed E-state index contributed by atoms with van der Waals surface area (Å²) in [5.74, 6) is 0.760. The standard InChI is InChI=1S/C17H33N5O.HI/c1-3-15-7-5-6-11-22(15)12-10-19-17(18-4-2)20-13-16(23)21-14-8-9-14;/h14-15H,3-13H2,1-2H3,(H,21,23)(H2,18,19,20);1H. The van der Waals surface area contributed by atoms with Crippen molar-refractivity contribution in [3.8, 4) is 0 Å². The number of piperidine rings is 1. The predicted molar refractivity (Wildman–Crippen MR) is 110 cm³/mol. The Morgan fingerprint density at radius 3 is 2.62 bits per heavy atom. The molecule has 1 amide bonds. The third kappa shape index (κ3) is 8.00. The zero-order valence-corrected chi connectivity index (χ0v) is 17.5. The number of nitrogens with one attached hydrogen (secondary N) is 3. The van der Waals surface area contributed by atoms with Gasteiger partial charge in [-0.1, -0.05) is 13.3 Å². The maximum atomic E-state index is 11.7. The number of rotatable bonds is 8. The van der Waals surface area contributed by atoms with Crippen molar-refractivity contribution in [2.45, 2.75) is 64.5 Å². The van der Waals surface area contributed by atoms with E-state index in [4.69, 9.17) is 0 Å². The first-order valence-corrected chi connectivity index (χ1v) is 9.28. The highest BCUT2D eigenvalue weighted by atomic mass is 127. The number of halogens is 1. The topological polar surface area (TPSA) is 68.8 Å². The number of nitrogens with zero attached hydrogens (tertiary/aromatic N) is 2. The monoisotopic (exact) mass is 451 g/mol. The lowest BCUT2D eigenvalue weighted by Crippen LogP contribution is -2.46. The van der Waals surface area contributed by atoms with E-state index >= 15 is 0 Å². The first-order chi connectivity index (χ1) is 11.2. The van der Waals surface area contributed by atoms with Gasteiger partial charge in [0.15, 0.2) is 5.96 Å². The molecule has 1 unspecified atom stereocenters. The molecular weight excluding hydrogens is 417 g/mol. The molecule has 0 bridgehead atoms. The van der Waals surface area contributed by atoms with Crippen LogP contribution in [0.4, 0.5) is 0 Å². The molecule has 1 saturated heterocycles. The van der Waals surface area contributed by atoms with Crippen LogP contribution in [0.5, 0.6) is 0 Å². The van der Waals surface area contributed by atoms with Gasteiger partial charge >= 0.3 is 0 Å². The molecule has 0 aromatic heterocycles. The van der Waals surface area contributed by atoms with Gasteiger partial charge in [-0.25, -0.2) is 4.99 Å². The van der Waals surface area contributed by atoms with Gasteiger partial charge in [0.25, 0.3) is 0 Å². The number of hydrogen-bond acceptors (Lipinski definition) is 3. The van der Waals surface area contributed by atoms with Crippen LogP contribution in [-0.2, 0) is 4.79 Å². The minimum Gasteiger partial charge on any atom is -0.357 e. The Kier molecular flexibility index (Phi) is 10.6. The number of carbonyl (C=O) groups excluding carboxylic acids is 1. The predicted octanol–water partition coefficient (Wildman–Crippen LogP) is 1.70. The number of guanidine groups is 1. The van der Waals surface area contributed by atoms with Crippen LogP contribution in [0.3, 0.4) is 0 Å². The van der Waals surface area contributed by atoms with Gasteiger partial charge in [-0.2, -0.15) is 0 Å². The number of amides is 1. The Bertz CT molecular complexity index is 400. The zero-order valence-electron chi connectivity index (χ0n) is 15.1. The summed E-state index contributed by atoms with van der Waals surface area (Å²) in [7, 11) is 0. The van der Waals surface area contributed by atoms with E-state index in [1.165, 1.54) is 32.2 Å². The number of likely N-dealkylation sites (tertiary alicyclic amines) is 1. The second-order valence-corrected chi connectivity index (χ2v) is 6.56. The molecule has 0 spiro atoms. The van der Waals surface area contributed by atoms with E-state index in [1.807, 2.05) is 6.92 Å². The van der Waals surface area contributed by atoms with Crippen LogP contribution in [0.25, 0.3) is 0 Å². The molecule has 1 heterocycles. The van der Waals surface area contributed by atoms with Crippen LogP contribution in [0.2, 0.25) is 0 Å². The Morgan fingerprint density at radius 2 is 1.96 bits per heavy atom. The minimum absolute atomic E-state index is 0. The third-order valence-corrected chi connectivity index (χ3v) is 4.58. The van der Waals surface area contributed by atoms with Crippen molar-refractivity contribution < 1.29 is 4.79 Å². The Labute approximate surface area is 163 Å². The van der Waals surface area contributed by atoms with Gasteiger partial charge in [0, 0.05) is 31.7 Å². The molecule has 7 heteroatoms. The highest BCUT2D eigenvalue weighted by molar-refractivity contribution is 14.0. The molecule has 24 heavy (non-hydrogen) atoms. The van der Waals surface area contributed by atoms with Crippen molar-refractivity contribution in [3.05, 3.63) is 0 Å². The Morgan fingerprint density at radius 1 is 1.17 bits per heavy atom. The van der Waals surface area contributed by atoms with E-state index in [9.17, 15) is 4.79 Å². The lowest BCUT2D eigenvalue weighted by atomic mass is 10.0. The smallest absolute Gasteiger partial charge is 0.242 e. The summed E-state index contributed by atoms with van der Waals surface area (Å²) < 4.78 is 0. The van der Waals surface area contributed by atoms with Gasteiger partial charge in [-0.05, 0) is 45.6 Å². The summed E-state index contributed by atoms with van der Waals surface area (Å²) >= 11 is 0. The fourth-order valence-electron chi connectivity index (χ4n) is 3.13. The lowest BCUT2D eigenvalue weighted by Gasteiger charge is -2.35. The van der Waals surface area contributed by atoms with E-state index in [1.54, 1.807) is 0 Å². The Hall–Kier alpha value is -0.570. The van der Waals surface area contributed by atoms with Crippen molar-refractivity contribution in [3.63, 3.8) is 0 Å². The number of carbonyl (C=O) groups is 1. The van der Waals surface area contributed by atoms with Crippen LogP contribution in [0.1, 0.15) is 52.4 Å². The maximum Gasteiger partial charge on any atom is 0.242 e. The highest BCUT2D eigenvalue weighted by Crippen LogP contribution is 2.19. The van der Waals surface area contributed by atoms with Crippen LogP contribution in [0.15, 0.2) is 4.99 Å². The molecule has 2 rings (SSSR count). The molecule has 0 aromatic rings. The first kappa shape index (κ1) is 21.5.